The first-order valence-electron chi connectivity index (χ1n) is 7.56. The van der Waals surface area contributed by atoms with E-state index in [2.05, 4.69) is 20.7 Å². The average molecular weight is 459 g/mol. The van der Waals surface area contributed by atoms with Gasteiger partial charge in [-0.3, -0.25) is 9.52 Å². The molecule has 0 aromatic heterocycles. The third-order valence-corrected chi connectivity index (χ3v) is 7.78. The Morgan fingerprint density at radius 1 is 1.15 bits per heavy atom. The monoisotopic (exact) mass is 458 g/mol. The van der Waals surface area contributed by atoms with Crippen LogP contribution in [0.1, 0.15) is 12.0 Å². The second kappa shape index (κ2) is 6.67. The van der Waals surface area contributed by atoms with Gasteiger partial charge in [0.15, 0.2) is 0 Å². The highest BCUT2D eigenvalue weighted by molar-refractivity contribution is 9.10. The first-order chi connectivity index (χ1) is 12.1. The van der Waals surface area contributed by atoms with Gasteiger partial charge in [-0.15, -0.1) is 0 Å². The zero-order valence-electron chi connectivity index (χ0n) is 13.6. The molecule has 2 aromatic rings. The van der Waals surface area contributed by atoms with Gasteiger partial charge in [0.1, 0.15) is 0 Å². The highest BCUT2D eigenvalue weighted by Gasteiger charge is 2.37. The molecule has 0 unspecified atom stereocenters. The molecule has 26 heavy (non-hydrogen) atoms. The molecule has 138 valence electrons. The number of halogens is 1. The summed E-state index contributed by atoms with van der Waals surface area (Å²) >= 11 is 3.27. The average Bonchev–Trinajstić information content (AvgIpc) is 2.83. The van der Waals surface area contributed by atoms with Crippen molar-refractivity contribution in [1.29, 1.82) is 0 Å². The summed E-state index contributed by atoms with van der Waals surface area (Å²) in [6, 6.07) is 10.8. The topological polar surface area (TPSA) is 101 Å². The van der Waals surface area contributed by atoms with Crippen molar-refractivity contribution < 1.29 is 21.6 Å². The molecule has 0 aliphatic carbocycles. The van der Waals surface area contributed by atoms with Crippen LogP contribution in [0.2, 0.25) is 0 Å². The van der Waals surface area contributed by atoms with E-state index in [-0.39, 0.29) is 22.8 Å². The van der Waals surface area contributed by atoms with Crippen LogP contribution in [-0.2, 0) is 24.8 Å². The van der Waals surface area contributed by atoms with Gasteiger partial charge in [-0.1, -0.05) is 18.2 Å². The first kappa shape index (κ1) is 18.9. The number of sulfonamides is 2. The van der Waals surface area contributed by atoms with Crippen LogP contribution in [-0.4, -0.2) is 28.5 Å². The van der Waals surface area contributed by atoms with Crippen molar-refractivity contribution in [3.05, 3.63) is 52.5 Å². The third kappa shape index (κ3) is 3.49. The molecule has 0 radical (unpaired) electrons. The molecule has 1 saturated heterocycles. The van der Waals surface area contributed by atoms with E-state index in [4.69, 9.17) is 0 Å². The van der Waals surface area contributed by atoms with Crippen LogP contribution >= 0.6 is 15.9 Å². The molecule has 0 saturated carbocycles. The van der Waals surface area contributed by atoms with Gasteiger partial charge in [-0.05, 0) is 52.7 Å². The highest BCUT2D eigenvalue weighted by Crippen LogP contribution is 2.31. The van der Waals surface area contributed by atoms with Gasteiger partial charge >= 0.3 is 0 Å². The molecule has 1 aliphatic heterocycles. The van der Waals surface area contributed by atoms with Gasteiger partial charge in [0.05, 0.1) is 22.0 Å². The van der Waals surface area contributed by atoms with Crippen LogP contribution in [0, 0.1) is 6.92 Å². The summed E-state index contributed by atoms with van der Waals surface area (Å²) in [5.74, 6) is -0.854. The Morgan fingerprint density at radius 3 is 2.46 bits per heavy atom. The van der Waals surface area contributed by atoms with Crippen molar-refractivity contribution in [2.45, 2.75) is 18.2 Å². The molecule has 1 fully saturated rings. The molecule has 7 nitrogen and oxygen atoms in total. The second-order valence-corrected chi connectivity index (χ2v) is 10.2. The van der Waals surface area contributed by atoms with E-state index < -0.39 is 26.0 Å². The SMILES string of the molecule is Cc1ccc(N2C(=O)CCS2(=O)=O)cc1S(=O)(=O)Nc1ccccc1Br. The predicted molar refractivity (Wildman–Crippen MR) is 102 cm³/mol. The van der Waals surface area contributed by atoms with Gasteiger partial charge < -0.3 is 0 Å². The minimum absolute atomic E-state index is 0.0191. The van der Waals surface area contributed by atoms with Crippen molar-refractivity contribution >= 4 is 53.3 Å². The van der Waals surface area contributed by atoms with E-state index >= 15 is 0 Å². The van der Waals surface area contributed by atoms with E-state index in [1.807, 2.05) is 0 Å². The number of hydrogen-bond donors (Lipinski definition) is 1. The van der Waals surface area contributed by atoms with Gasteiger partial charge in [0, 0.05) is 10.9 Å². The number of para-hydroxylation sites is 1. The molecule has 1 N–H and O–H groups in total. The second-order valence-electron chi connectivity index (χ2n) is 5.76. The number of benzene rings is 2. The minimum atomic E-state index is -3.99. The van der Waals surface area contributed by atoms with Crippen molar-refractivity contribution in [2.75, 3.05) is 14.8 Å². The predicted octanol–water partition coefficient (Wildman–Crippen LogP) is 2.62. The molecule has 1 aliphatic rings. The maximum atomic E-state index is 12.8. The van der Waals surface area contributed by atoms with Gasteiger partial charge in [-0.2, -0.15) is 0 Å². The summed E-state index contributed by atoms with van der Waals surface area (Å²) in [4.78, 5) is 11.9. The van der Waals surface area contributed by atoms with Crippen molar-refractivity contribution in [3.8, 4) is 0 Å². The lowest BCUT2D eigenvalue weighted by molar-refractivity contribution is -0.116. The quantitative estimate of drug-likeness (QED) is 0.758. The van der Waals surface area contributed by atoms with E-state index in [1.54, 1.807) is 31.2 Å². The lowest BCUT2D eigenvalue weighted by atomic mass is 10.2. The van der Waals surface area contributed by atoms with Crippen LogP contribution in [0.15, 0.2) is 51.8 Å². The van der Waals surface area contributed by atoms with Gasteiger partial charge in [-0.25, -0.2) is 21.1 Å². The van der Waals surface area contributed by atoms with E-state index in [9.17, 15) is 21.6 Å². The number of aryl methyl sites for hydroxylation is 1. The Bertz CT molecular complexity index is 1100. The number of carbonyl (C=O) groups excluding carboxylic acids is 1. The third-order valence-electron chi connectivity index (χ3n) is 3.89. The standard InChI is InChI=1S/C16H15BrN2O5S2/c1-11-6-7-12(19-16(20)8-9-25(19,21)22)10-15(11)26(23,24)18-14-5-3-2-4-13(14)17/h2-7,10,18H,8-9H2,1H3. The van der Waals surface area contributed by atoms with Crippen molar-refractivity contribution in [1.82, 2.24) is 0 Å². The highest BCUT2D eigenvalue weighted by atomic mass is 79.9. The Labute approximate surface area is 160 Å². The Hall–Kier alpha value is -1.91. The fraction of sp³-hybridized carbons (Fsp3) is 0.188. The molecule has 10 heteroatoms. The fourth-order valence-electron chi connectivity index (χ4n) is 2.62. The maximum absolute atomic E-state index is 12.8. The Morgan fingerprint density at radius 2 is 1.85 bits per heavy atom. The number of rotatable bonds is 4. The van der Waals surface area contributed by atoms with Crippen LogP contribution in [0.3, 0.4) is 0 Å². The van der Waals surface area contributed by atoms with Crippen LogP contribution < -0.4 is 9.03 Å². The number of hydrogen-bond acceptors (Lipinski definition) is 5. The molecule has 0 spiro atoms. The number of anilines is 2. The number of nitrogens with zero attached hydrogens (tertiary/aromatic N) is 1. The van der Waals surface area contributed by atoms with E-state index in [1.165, 1.54) is 18.2 Å². The normalized spacial score (nSPS) is 16.7. The largest absolute Gasteiger partial charge is 0.278 e. The molecule has 0 bridgehead atoms. The molecular weight excluding hydrogens is 444 g/mol. The van der Waals surface area contributed by atoms with Crippen molar-refractivity contribution in [2.24, 2.45) is 0 Å². The smallest absolute Gasteiger partial charge is 0.262 e. The number of carbonyl (C=O) groups is 1. The molecule has 3 rings (SSSR count). The molecule has 1 amide bonds. The van der Waals surface area contributed by atoms with E-state index in [0.29, 0.717) is 20.0 Å². The lowest BCUT2D eigenvalue weighted by Gasteiger charge is -2.18. The summed E-state index contributed by atoms with van der Waals surface area (Å²) in [5, 5.41) is 0. The zero-order valence-corrected chi connectivity index (χ0v) is 16.9. The molecule has 1 heterocycles. The number of nitrogens with one attached hydrogen (secondary N) is 1. The van der Waals surface area contributed by atoms with Crippen LogP contribution in [0.4, 0.5) is 11.4 Å². The van der Waals surface area contributed by atoms with Crippen molar-refractivity contribution in [3.63, 3.8) is 0 Å². The van der Waals surface area contributed by atoms with Gasteiger partial charge in [0.25, 0.3) is 10.0 Å². The summed E-state index contributed by atoms with van der Waals surface area (Å²) in [6.45, 7) is 1.60. The summed E-state index contributed by atoms with van der Waals surface area (Å²) in [5.41, 5.74) is 0.796. The molecule has 0 atom stereocenters. The first-order valence-corrected chi connectivity index (χ1v) is 11.4. The lowest BCUT2D eigenvalue weighted by Crippen LogP contribution is -2.29. The summed E-state index contributed by atoms with van der Waals surface area (Å²) in [6.07, 6.45) is -0.118. The van der Waals surface area contributed by atoms with Crippen LogP contribution in [0.25, 0.3) is 0 Å². The maximum Gasteiger partial charge on any atom is 0.262 e. The Balaban J connectivity index is 2.05. The summed E-state index contributed by atoms with van der Waals surface area (Å²) < 4.78 is 53.5. The molecule has 2 aromatic carbocycles. The Kier molecular flexibility index (Phi) is 4.84. The van der Waals surface area contributed by atoms with Crippen LogP contribution in [0.5, 0.6) is 0 Å². The fourth-order valence-corrected chi connectivity index (χ4v) is 5.93. The van der Waals surface area contributed by atoms with E-state index in [0.717, 1.165) is 0 Å². The zero-order chi connectivity index (χ0) is 19.1. The minimum Gasteiger partial charge on any atom is -0.278 e. The van der Waals surface area contributed by atoms with Gasteiger partial charge in [0.2, 0.25) is 15.9 Å². The molecular formula is C16H15BrN2O5S2. The number of amides is 1. The summed E-state index contributed by atoms with van der Waals surface area (Å²) in [7, 11) is -7.76.